The predicted octanol–water partition coefficient (Wildman–Crippen LogP) is 3.10. The Kier molecular flexibility index (Phi) is 4.20. The number of likely N-dealkylation sites (tertiary alicyclic amines) is 1. The lowest BCUT2D eigenvalue weighted by Crippen LogP contribution is -2.49. The van der Waals surface area contributed by atoms with Crippen LogP contribution < -0.4 is 5.32 Å². The molecule has 3 heterocycles. The molecule has 1 fully saturated rings. The topological polar surface area (TPSA) is 91.2 Å². The Labute approximate surface area is 150 Å². The summed E-state index contributed by atoms with van der Waals surface area (Å²) in [4.78, 5) is 27.1. The lowest BCUT2D eigenvalue weighted by atomic mass is 10.0. The van der Waals surface area contributed by atoms with Gasteiger partial charge in [0.2, 0.25) is 5.91 Å². The summed E-state index contributed by atoms with van der Waals surface area (Å²) in [6.45, 7) is 2.50. The number of anilines is 1. The van der Waals surface area contributed by atoms with Crippen LogP contribution in [0.15, 0.2) is 41.0 Å². The number of fused-ring (bicyclic) bond motifs is 1. The molecule has 7 heteroatoms. The van der Waals surface area contributed by atoms with Crippen molar-refractivity contribution in [2.24, 2.45) is 0 Å². The minimum absolute atomic E-state index is 0.184. The quantitative estimate of drug-likeness (QED) is 0.758. The molecule has 0 spiro atoms. The molecule has 0 bridgehead atoms. The number of aromatic amines is 1. The summed E-state index contributed by atoms with van der Waals surface area (Å²) in [5.74, 6) is -0.164. The number of nitrogens with zero attached hydrogens (tertiary/aromatic N) is 2. The third kappa shape index (κ3) is 2.96. The molecular formula is C19H20N4O3. The molecule has 2 aromatic heterocycles. The Hall–Kier alpha value is -3.09. The summed E-state index contributed by atoms with van der Waals surface area (Å²) in [6, 6.07) is 8.41. The number of aryl methyl sites for hydroxylation is 1. The SMILES string of the molecule is Cc1[nH]nc2cc(NC(=O)C3CCCCN3C(=O)c3ccco3)ccc12. The highest BCUT2D eigenvalue weighted by Gasteiger charge is 2.33. The molecule has 1 aromatic carbocycles. The summed E-state index contributed by atoms with van der Waals surface area (Å²) in [5, 5.41) is 11.1. The van der Waals surface area contributed by atoms with Crippen molar-refractivity contribution in [1.29, 1.82) is 0 Å². The number of hydrogen-bond donors (Lipinski definition) is 2. The van der Waals surface area contributed by atoms with E-state index < -0.39 is 6.04 Å². The van der Waals surface area contributed by atoms with E-state index in [0.717, 1.165) is 29.4 Å². The second-order valence-corrected chi connectivity index (χ2v) is 6.56. The number of amides is 2. The van der Waals surface area contributed by atoms with Gasteiger partial charge in [0.25, 0.3) is 5.91 Å². The van der Waals surface area contributed by atoms with E-state index in [2.05, 4.69) is 15.5 Å². The van der Waals surface area contributed by atoms with Gasteiger partial charge < -0.3 is 14.6 Å². The van der Waals surface area contributed by atoms with Crippen LogP contribution in [-0.4, -0.2) is 39.5 Å². The lowest BCUT2D eigenvalue weighted by molar-refractivity contribution is -0.121. The second-order valence-electron chi connectivity index (χ2n) is 6.56. The molecule has 26 heavy (non-hydrogen) atoms. The molecule has 134 valence electrons. The fraction of sp³-hybridized carbons (Fsp3) is 0.316. The second kappa shape index (κ2) is 6.67. The Bertz CT molecular complexity index is 945. The summed E-state index contributed by atoms with van der Waals surface area (Å²) in [6.07, 6.45) is 3.90. The number of benzene rings is 1. The highest BCUT2D eigenvalue weighted by atomic mass is 16.3. The maximum absolute atomic E-state index is 12.8. The van der Waals surface area contributed by atoms with Gasteiger partial charge in [-0.25, -0.2) is 0 Å². The largest absolute Gasteiger partial charge is 0.459 e. The fourth-order valence-corrected chi connectivity index (χ4v) is 3.44. The predicted molar refractivity (Wildman–Crippen MR) is 96.8 cm³/mol. The number of carbonyl (C=O) groups excluding carboxylic acids is 2. The minimum Gasteiger partial charge on any atom is -0.459 e. The van der Waals surface area contributed by atoms with E-state index in [4.69, 9.17) is 4.42 Å². The van der Waals surface area contributed by atoms with E-state index in [1.807, 2.05) is 25.1 Å². The van der Waals surface area contributed by atoms with Gasteiger partial charge in [-0.05, 0) is 56.5 Å². The molecule has 0 aliphatic carbocycles. The number of rotatable bonds is 3. The van der Waals surface area contributed by atoms with Crippen LogP contribution >= 0.6 is 0 Å². The molecule has 4 rings (SSSR count). The smallest absolute Gasteiger partial charge is 0.290 e. The van der Waals surface area contributed by atoms with Crippen molar-refractivity contribution in [3.63, 3.8) is 0 Å². The van der Waals surface area contributed by atoms with E-state index in [1.165, 1.54) is 6.26 Å². The number of hydrogen-bond acceptors (Lipinski definition) is 4. The number of carbonyl (C=O) groups is 2. The van der Waals surface area contributed by atoms with Gasteiger partial charge in [-0.2, -0.15) is 5.10 Å². The third-order valence-corrected chi connectivity index (χ3v) is 4.81. The molecular weight excluding hydrogens is 332 g/mol. The average Bonchev–Trinajstić information content (AvgIpc) is 3.31. The molecule has 0 saturated carbocycles. The van der Waals surface area contributed by atoms with E-state index in [9.17, 15) is 9.59 Å². The van der Waals surface area contributed by atoms with Crippen LogP contribution in [0.25, 0.3) is 10.9 Å². The first-order chi connectivity index (χ1) is 12.6. The summed E-state index contributed by atoms with van der Waals surface area (Å²) < 4.78 is 5.21. The maximum atomic E-state index is 12.8. The zero-order chi connectivity index (χ0) is 18.1. The number of piperidine rings is 1. The summed E-state index contributed by atoms with van der Waals surface area (Å²) >= 11 is 0. The minimum atomic E-state index is -0.502. The Morgan fingerprint density at radius 2 is 2.19 bits per heavy atom. The van der Waals surface area contributed by atoms with Gasteiger partial charge in [-0.3, -0.25) is 14.7 Å². The van der Waals surface area contributed by atoms with Crippen LogP contribution in [0.2, 0.25) is 0 Å². The Balaban J connectivity index is 1.53. The molecule has 7 nitrogen and oxygen atoms in total. The highest BCUT2D eigenvalue weighted by Crippen LogP contribution is 2.23. The van der Waals surface area contributed by atoms with Crippen molar-refractivity contribution in [3.05, 3.63) is 48.0 Å². The Morgan fingerprint density at radius 3 is 3.00 bits per heavy atom. The van der Waals surface area contributed by atoms with Crippen molar-refractivity contribution in [2.75, 3.05) is 11.9 Å². The molecule has 1 atom stereocenters. The van der Waals surface area contributed by atoms with Crippen LogP contribution in [0.5, 0.6) is 0 Å². The zero-order valence-corrected chi connectivity index (χ0v) is 14.5. The van der Waals surface area contributed by atoms with Crippen LogP contribution in [0.4, 0.5) is 5.69 Å². The monoisotopic (exact) mass is 352 g/mol. The molecule has 1 saturated heterocycles. The zero-order valence-electron chi connectivity index (χ0n) is 14.5. The standard InChI is InChI=1S/C19H20N4O3/c1-12-14-8-7-13(11-15(14)22-21-12)20-18(24)16-5-2-3-9-23(16)19(25)17-6-4-10-26-17/h4,6-8,10-11,16H,2-3,5,9H2,1H3,(H,20,24)(H,21,22). The highest BCUT2D eigenvalue weighted by molar-refractivity contribution is 6.01. The molecule has 2 N–H and O–H groups in total. The molecule has 1 aliphatic heterocycles. The first-order valence-electron chi connectivity index (χ1n) is 8.73. The molecule has 2 amide bonds. The van der Waals surface area contributed by atoms with Gasteiger partial charge in [0, 0.05) is 23.3 Å². The number of aromatic nitrogens is 2. The molecule has 0 radical (unpaired) electrons. The fourth-order valence-electron chi connectivity index (χ4n) is 3.44. The van der Waals surface area contributed by atoms with Gasteiger partial charge in [0.1, 0.15) is 6.04 Å². The summed E-state index contributed by atoms with van der Waals surface area (Å²) in [7, 11) is 0. The van der Waals surface area contributed by atoms with Gasteiger partial charge in [0.15, 0.2) is 5.76 Å². The first-order valence-corrected chi connectivity index (χ1v) is 8.73. The first kappa shape index (κ1) is 16.4. The maximum Gasteiger partial charge on any atom is 0.290 e. The van der Waals surface area contributed by atoms with Crippen molar-refractivity contribution in [1.82, 2.24) is 15.1 Å². The van der Waals surface area contributed by atoms with Crippen LogP contribution in [-0.2, 0) is 4.79 Å². The third-order valence-electron chi connectivity index (χ3n) is 4.81. The van der Waals surface area contributed by atoms with Crippen molar-refractivity contribution < 1.29 is 14.0 Å². The number of furan rings is 1. The van der Waals surface area contributed by atoms with E-state index in [1.54, 1.807) is 17.0 Å². The van der Waals surface area contributed by atoms with Gasteiger partial charge in [0.05, 0.1) is 11.8 Å². The number of H-pyrrole nitrogens is 1. The summed E-state index contributed by atoms with van der Waals surface area (Å²) in [5.41, 5.74) is 2.46. The molecule has 3 aromatic rings. The normalized spacial score (nSPS) is 17.4. The molecule has 1 unspecified atom stereocenters. The van der Waals surface area contributed by atoms with Crippen molar-refractivity contribution >= 4 is 28.4 Å². The van der Waals surface area contributed by atoms with Gasteiger partial charge in [-0.1, -0.05) is 0 Å². The van der Waals surface area contributed by atoms with Crippen LogP contribution in [0.3, 0.4) is 0 Å². The van der Waals surface area contributed by atoms with E-state index >= 15 is 0 Å². The van der Waals surface area contributed by atoms with Gasteiger partial charge in [-0.15, -0.1) is 0 Å². The average molecular weight is 352 g/mol. The Morgan fingerprint density at radius 1 is 1.31 bits per heavy atom. The van der Waals surface area contributed by atoms with E-state index in [0.29, 0.717) is 18.7 Å². The van der Waals surface area contributed by atoms with Crippen LogP contribution in [0, 0.1) is 6.92 Å². The van der Waals surface area contributed by atoms with E-state index in [-0.39, 0.29) is 17.6 Å². The van der Waals surface area contributed by atoms with Crippen molar-refractivity contribution in [3.8, 4) is 0 Å². The lowest BCUT2D eigenvalue weighted by Gasteiger charge is -2.34. The molecule has 1 aliphatic rings. The van der Waals surface area contributed by atoms with Crippen LogP contribution in [0.1, 0.15) is 35.5 Å². The van der Waals surface area contributed by atoms with Crippen molar-refractivity contribution in [2.45, 2.75) is 32.2 Å². The van der Waals surface area contributed by atoms with Gasteiger partial charge >= 0.3 is 0 Å². The number of nitrogens with one attached hydrogen (secondary N) is 2.